The Labute approximate surface area is 132 Å². The van der Waals surface area contributed by atoms with Gasteiger partial charge in [0, 0.05) is 5.56 Å². The number of hydrogen-bond acceptors (Lipinski definition) is 3. The molecule has 2 aromatic carbocycles. The second kappa shape index (κ2) is 6.66. The van der Waals surface area contributed by atoms with Gasteiger partial charge in [0.05, 0.1) is 17.2 Å². The fourth-order valence-corrected chi connectivity index (χ4v) is 2.15. The summed E-state index contributed by atoms with van der Waals surface area (Å²) in [6.07, 6.45) is 3.00. The van der Waals surface area contributed by atoms with Crippen LogP contribution in [0, 0.1) is 0 Å². The molecule has 3 nitrogen and oxygen atoms in total. The van der Waals surface area contributed by atoms with E-state index >= 15 is 0 Å². The van der Waals surface area contributed by atoms with Gasteiger partial charge in [-0.1, -0.05) is 41.4 Å². The largest absolute Gasteiger partial charge is 0.504 e. The molecule has 0 amide bonds. The maximum Gasteiger partial charge on any atom is 0.187 e. The number of phenols is 1. The molecule has 5 heteroatoms. The molecule has 0 spiro atoms. The Bertz CT molecular complexity index is 709. The molecule has 0 fully saturated rings. The molecule has 2 rings (SSSR count). The monoisotopic (exact) mass is 322 g/mol. The predicted molar refractivity (Wildman–Crippen MR) is 84.5 cm³/mol. The molecule has 0 bridgehead atoms. The molecule has 0 radical (unpaired) electrons. The molecule has 0 aliphatic rings. The van der Waals surface area contributed by atoms with Crippen LogP contribution in [0.5, 0.6) is 11.5 Å². The number of ketones is 1. The average Bonchev–Trinajstić information content (AvgIpc) is 2.49. The third-order valence-electron chi connectivity index (χ3n) is 2.85. The van der Waals surface area contributed by atoms with Crippen molar-refractivity contribution in [2.45, 2.75) is 0 Å². The first-order valence-corrected chi connectivity index (χ1v) is 6.82. The fraction of sp³-hybridized carbons (Fsp3) is 0.0625. The molecule has 0 saturated heterocycles. The molecular formula is C16H12Cl2O3. The van der Waals surface area contributed by atoms with Crippen LogP contribution in [0.2, 0.25) is 10.0 Å². The number of ether oxygens (including phenoxy) is 1. The van der Waals surface area contributed by atoms with Crippen LogP contribution in [0.3, 0.4) is 0 Å². The van der Waals surface area contributed by atoms with E-state index in [2.05, 4.69) is 0 Å². The van der Waals surface area contributed by atoms with E-state index in [0.717, 1.165) is 5.56 Å². The van der Waals surface area contributed by atoms with Gasteiger partial charge in [-0.15, -0.1) is 0 Å². The lowest BCUT2D eigenvalue weighted by Crippen LogP contribution is -1.95. The number of rotatable bonds is 4. The Morgan fingerprint density at radius 1 is 1.24 bits per heavy atom. The smallest absolute Gasteiger partial charge is 0.187 e. The Morgan fingerprint density at radius 2 is 2.00 bits per heavy atom. The van der Waals surface area contributed by atoms with Gasteiger partial charge >= 0.3 is 0 Å². The Kier molecular flexibility index (Phi) is 4.89. The van der Waals surface area contributed by atoms with Gasteiger partial charge < -0.3 is 9.84 Å². The van der Waals surface area contributed by atoms with Gasteiger partial charge in [-0.05, 0) is 35.9 Å². The summed E-state index contributed by atoms with van der Waals surface area (Å²) in [6.45, 7) is 0. The standard InChI is InChI=1S/C16H12Cl2O3/c1-21-15-9-10(6-8-14(15)20)5-7-13(19)11-3-2-4-12(17)16(11)18/h2-9,20H,1H3/b7-5+. The zero-order valence-corrected chi connectivity index (χ0v) is 12.7. The van der Waals surface area contributed by atoms with Gasteiger partial charge in [0.25, 0.3) is 0 Å². The molecule has 0 aliphatic heterocycles. The number of hydrogen-bond donors (Lipinski definition) is 1. The van der Waals surface area contributed by atoms with E-state index in [9.17, 15) is 9.90 Å². The van der Waals surface area contributed by atoms with Gasteiger partial charge in [-0.2, -0.15) is 0 Å². The lowest BCUT2D eigenvalue weighted by Gasteiger charge is -2.04. The second-order valence-electron chi connectivity index (χ2n) is 4.23. The minimum absolute atomic E-state index is 0.0406. The van der Waals surface area contributed by atoms with Crippen LogP contribution < -0.4 is 4.74 Å². The molecule has 0 saturated carbocycles. The molecule has 2 aromatic rings. The lowest BCUT2D eigenvalue weighted by atomic mass is 10.1. The molecule has 0 aliphatic carbocycles. The summed E-state index contributed by atoms with van der Waals surface area (Å²) < 4.78 is 5.00. The predicted octanol–water partition coefficient (Wildman–Crippen LogP) is 4.60. The average molecular weight is 323 g/mol. The highest BCUT2D eigenvalue weighted by molar-refractivity contribution is 6.44. The van der Waals surface area contributed by atoms with Crippen molar-refractivity contribution in [3.8, 4) is 11.5 Å². The number of carbonyl (C=O) groups excluding carboxylic acids is 1. The number of halogens is 2. The molecule has 21 heavy (non-hydrogen) atoms. The highest BCUT2D eigenvalue weighted by atomic mass is 35.5. The van der Waals surface area contributed by atoms with Crippen LogP contribution in [0.1, 0.15) is 15.9 Å². The molecule has 0 heterocycles. The van der Waals surface area contributed by atoms with Crippen molar-refractivity contribution in [1.82, 2.24) is 0 Å². The molecule has 0 unspecified atom stereocenters. The summed E-state index contributed by atoms with van der Waals surface area (Å²) in [5.41, 5.74) is 1.06. The van der Waals surface area contributed by atoms with Crippen LogP contribution in [0.25, 0.3) is 6.08 Å². The zero-order valence-electron chi connectivity index (χ0n) is 11.1. The maximum atomic E-state index is 12.1. The number of phenolic OH excluding ortho intramolecular Hbond substituents is 1. The normalized spacial score (nSPS) is 10.8. The number of allylic oxidation sites excluding steroid dienone is 1. The summed E-state index contributed by atoms with van der Waals surface area (Å²) in [5, 5.41) is 10.1. The second-order valence-corrected chi connectivity index (χ2v) is 5.02. The Balaban J connectivity index is 2.25. The fourth-order valence-electron chi connectivity index (χ4n) is 1.75. The highest BCUT2D eigenvalue weighted by Crippen LogP contribution is 2.28. The Morgan fingerprint density at radius 3 is 2.71 bits per heavy atom. The van der Waals surface area contributed by atoms with E-state index in [0.29, 0.717) is 16.3 Å². The highest BCUT2D eigenvalue weighted by Gasteiger charge is 2.10. The van der Waals surface area contributed by atoms with Crippen LogP contribution in [0.15, 0.2) is 42.5 Å². The molecule has 0 aromatic heterocycles. The molecule has 1 N–H and O–H groups in total. The number of aromatic hydroxyl groups is 1. The van der Waals surface area contributed by atoms with Gasteiger partial charge in [-0.3, -0.25) is 4.79 Å². The van der Waals surface area contributed by atoms with E-state index in [1.165, 1.54) is 19.3 Å². The molecule has 0 atom stereocenters. The van der Waals surface area contributed by atoms with Gasteiger partial charge in [-0.25, -0.2) is 0 Å². The Hall–Kier alpha value is -1.97. The summed E-state index contributed by atoms with van der Waals surface area (Å²) in [5.74, 6) is 0.124. The molecule has 108 valence electrons. The zero-order chi connectivity index (χ0) is 15.4. The van der Waals surface area contributed by atoms with Crippen molar-refractivity contribution in [3.63, 3.8) is 0 Å². The quantitative estimate of drug-likeness (QED) is 0.660. The van der Waals surface area contributed by atoms with Crippen molar-refractivity contribution >= 4 is 35.1 Å². The number of methoxy groups -OCH3 is 1. The number of benzene rings is 2. The number of carbonyl (C=O) groups is 1. The van der Waals surface area contributed by atoms with Crippen molar-refractivity contribution < 1.29 is 14.6 Å². The van der Waals surface area contributed by atoms with Crippen molar-refractivity contribution in [3.05, 3.63) is 63.6 Å². The third-order valence-corrected chi connectivity index (χ3v) is 3.67. The van der Waals surface area contributed by atoms with E-state index in [-0.39, 0.29) is 16.6 Å². The topological polar surface area (TPSA) is 46.5 Å². The van der Waals surface area contributed by atoms with Gasteiger partial charge in [0.1, 0.15) is 0 Å². The first-order valence-electron chi connectivity index (χ1n) is 6.06. The summed E-state index contributed by atoms with van der Waals surface area (Å²) in [7, 11) is 1.46. The first kappa shape index (κ1) is 15.4. The van der Waals surface area contributed by atoms with Crippen LogP contribution in [0.4, 0.5) is 0 Å². The third kappa shape index (κ3) is 3.57. The first-order chi connectivity index (χ1) is 10.0. The SMILES string of the molecule is COc1cc(/C=C/C(=O)c2cccc(Cl)c2Cl)ccc1O. The van der Waals surface area contributed by atoms with Crippen molar-refractivity contribution in [2.24, 2.45) is 0 Å². The van der Waals surface area contributed by atoms with Gasteiger partial charge in [0.15, 0.2) is 17.3 Å². The van der Waals surface area contributed by atoms with Crippen molar-refractivity contribution in [2.75, 3.05) is 7.11 Å². The van der Waals surface area contributed by atoms with E-state index in [4.69, 9.17) is 27.9 Å². The van der Waals surface area contributed by atoms with Crippen LogP contribution >= 0.6 is 23.2 Å². The van der Waals surface area contributed by atoms with E-state index in [1.54, 1.807) is 36.4 Å². The maximum absolute atomic E-state index is 12.1. The molecular weight excluding hydrogens is 311 g/mol. The lowest BCUT2D eigenvalue weighted by molar-refractivity contribution is 0.104. The van der Waals surface area contributed by atoms with Crippen LogP contribution in [-0.2, 0) is 0 Å². The minimum atomic E-state index is -0.255. The summed E-state index contributed by atoms with van der Waals surface area (Å²) in [6, 6.07) is 9.68. The minimum Gasteiger partial charge on any atom is -0.504 e. The van der Waals surface area contributed by atoms with Crippen LogP contribution in [-0.4, -0.2) is 18.0 Å². The summed E-state index contributed by atoms with van der Waals surface area (Å²) in [4.78, 5) is 12.1. The van der Waals surface area contributed by atoms with E-state index < -0.39 is 0 Å². The summed E-state index contributed by atoms with van der Waals surface area (Å²) >= 11 is 11.9. The van der Waals surface area contributed by atoms with E-state index in [1.807, 2.05) is 0 Å². The van der Waals surface area contributed by atoms with Gasteiger partial charge in [0.2, 0.25) is 0 Å². The van der Waals surface area contributed by atoms with Crippen molar-refractivity contribution in [1.29, 1.82) is 0 Å².